The third kappa shape index (κ3) is 3.89. The number of carbonyl (C=O) groups excluding carboxylic acids is 1. The van der Waals surface area contributed by atoms with E-state index in [0.717, 1.165) is 3.57 Å². The molecule has 0 saturated heterocycles. The summed E-state index contributed by atoms with van der Waals surface area (Å²) < 4.78 is 16.5. The number of nitrogens with zero attached hydrogens (tertiary/aromatic N) is 1. The summed E-state index contributed by atoms with van der Waals surface area (Å²) >= 11 is 2.08. The summed E-state index contributed by atoms with van der Waals surface area (Å²) in [6.45, 7) is 5.02. The van der Waals surface area contributed by atoms with E-state index < -0.39 is 0 Å². The van der Waals surface area contributed by atoms with Crippen LogP contribution < -0.4 is 14.2 Å². The Kier molecular flexibility index (Phi) is 6.20. The van der Waals surface area contributed by atoms with Gasteiger partial charge in [0.25, 0.3) is 0 Å². The van der Waals surface area contributed by atoms with Crippen LogP contribution in [0, 0.1) is 3.57 Å². The molecule has 0 aliphatic rings. The number of amides is 1. The van der Waals surface area contributed by atoms with Crippen LogP contribution in [0.1, 0.15) is 13.8 Å². The third-order valence-corrected chi connectivity index (χ3v) is 3.72. The molecule has 19 heavy (non-hydrogen) atoms. The molecule has 0 aliphatic heterocycles. The highest BCUT2D eigenvalue weighted by atomic mass is 127. The zero-order valence-corrected chi connectivity index (χ0v) is 13.7. The Bertz CT molecular complexity index is 447. The van der Waals surface area contributed by atoms with Crippen LogP contribution in [0.25, 0.3) is 0 Å². The fourth-order valence-electron chi connectivity index (χ4n) is 1.53. The van der Waals surface area contributed by atoms with E-state index in [1.54, 1.807) is 31.3 Å². The Morgan fingerprint density at radius 1 is 1.16 bits per heavy atom. The fourth-order valence-corrected chi connectivity index (χ4v) is 2.17. The summed E-state index contributed by atoms with van der Waals surface area (Å²) in [5.41, 5.74) is 0. The lowest BCUT2D eigenvalue weighted by Gasteiger charge is -2.19. The molecule has 1 rings (SSSR count). The molecule has 0 spiro atoms. The van der Waals surface area contributed by atoms with Gasteiger partial charge in [-0.1, -0.05) is 0 Å². The predicted octanol–water partition coefficient (Wildman–Crippen LogP) is 3.15. The van der Waals surface area contributed by atoms with Gasteiger partial charge in [0.2, 0.25) is 0 Å². The maximum atomic E-state index is 11.9. The molecule has 0 aliphatic carbocycles. The van der Waals surface area contributed by atoms with Crippen LogP contribution in [-0.2, 0) is 0 Å². The lowest BCUT2D eigenvalue weighted by Crippen LogP contribution is -2.33. The van der Waals surface area contributed by atoms with E-state index in [-0.39, 0.29) is 6.09 Å². The third-order valence-electron chi connectivity index (χ3n) is 2.65. The van der Waals surface area contributed by atoms with E-state index in [1.807, 2.05) is 13.8 Å². The Hall–Kier alpha value is -1.18. The number of halogens is 1. The number of hydrogen-bond donors (Lipinski definition) is 0. The van der Waals surface area contributed by atoms with Crippen molar-refractivity contribution in [3.8, 4) is 17.2 Å². The van der Waals surface area contributed by atoms with Gasteiger partial charge < -0.3 is 19.1 Å². The van der Waals surface area contributed by atoms with Gasteiger partial charge in [-0.25, -0.2) is 4.79 Å². The summed E-state index contributed by atoms with van der Waals surface area (Å²) in [4.78, 5) is 13.5. The van der Waals surface area contributed by atoms with Crippen molar-refractivity contribution in [3.05, 3.63) is 15.7 Å². The Labute approximate surface area is 127 Å². The topological polar surface area (TPSA) is 48.0 Å². The lowest BCUT2D eigenvalue weighted by atomic mass is 10.3. The summed E-state index contributed by atoms with van der Waals surface area (Å²) in [6, 6.07) is 3.42. The maximum absolute atomic E-state index is 11.9. The van der Waals surface area contributed by atoms with Gasteiger partial charge in [0, 0.05) is 25.2 Å². The monoisotopic (exact) mass is 379 g/mol. The molecular weight excluding hydrogens is 361 g/mol. The summed E-state index contributed by atoms with van der Waals surface area (Å²) in [5.74, 6) is 1.63. The first-order valence-electron chi connectivity index (χ1n) is 5.95. The van der Waals surface area contributed by atoms with Gasteiger partial charge in [-0.3, -0.25) is 0 Å². The number of benzene rings is 1. The van der Waals surface area contributed by atoms with Crippen LogP contribution in [0.3, 0.4) is 0 Å². The second kappa shape index (κ2) is 7.42. The van der Waals surface area contributed by atoms with Crippen molar-refractivity contribution in [1.82, 2.24) is 4.90 Å². The highest BCUT2D eigenvalue weighted by Gasteiger charge is 2.17. The molecule has 6 heteroatoms. The van der Waals surface area contributed by atoms with E-state index in [2.05, 4.69) is 22.6 Å². The molecule has 0 unspecified atom stereocenters. The molecule has 0 atom stereocenters. The second-order valence-corrected chi connectivity index (χ2v) is 4.76. The van der Waals surface area contributed by atoms with E-state index in [1.165, 1.54) is 0 Å². The van der Waals surface area contributed by atoms with E-state index >= 15 is 0 Å². The highest BCUT2D eigenvalue weighted by Crippen LogP contribution is 2.35. The van der Waals surface area contributed by atoms with Gasteiger partial charge in [0.05, 0.1) is 17.8 Å². The molecule has 0 heterocycles. The Balaban J connectivity index is 3.03. The molecule has 0 radical (unpaired) electrons. The second-order valence-electron chi connectivity index (χ2n) is 3.68. The minimum Gasteiger partial charge on any atom is -0.496 e. The normalized spacial score (nSPS) is 9.95. The summed E-state index contributed by atoms with van der Waals surface area (Å²) in [5, 5.41) is 0. The standard InChI is InChI=1S/C13H18INO4/c1-5-15(6-2)13(16)19-11-8-9(17-3)7-10(18-4)12(11)14/h7-8H,5-6H2,1-4H3. The van der Waals surface area contributed by atoms with Gasteiger partial charge in [-0.2, -0.15) is 0 Å². The van der Waals surface area contributed by atoms with Crippen LogP contribution in [0.15, 0.2) is 12.1 Å². The minimum atomic E-state index is -0.377. The molecular formula is C13H18INO4. The minimum absolute atomic E-state index is 0.377. The highest BCUT2D eigenvalue weighted by molar-refractivity contribution is 14.1. The molecule has 0 aromatic heterocycles. The molecule has 5 nitrogen and oxygen atoms in total. The molecule has 0 bridgehead atoms. The smallest absolute Gasteiger partial charge is 0.415 e. The molecule has 1 amide bonds. The predicted molar refractivity (Wildman–Crippen MR) is 81.2 cm³/mol. The first-order valence-corrected chi connectivity index (χ1v) is 7.03. The number of ether oxygens (including phenoxy) is 3. The molecule has 0 fully saturated rings. The van der Waals surface area contributed by atoms with Gasteiger partial charge in [0.1, 0.15) is 11.5 Å². The SMILES string of the molecule is CCN(CC)C(=O)Oc1cc(OC)cc(OC)c1I. The Morgan fingerprint density at radius 3 is 2.21 bits per heavy atom. The summed E-state index contributed by atoms with van der Waals surface area (Å²) in [6.07, 6.45) is -0.377. The molecule has 1 aromatic rings. The zero-order chi connectivity index (χ0) is 14.4. The van der Waals surface area contributed by atoms with Gasteiger partial charge in [0.15, 0.2) is 5.75 Å². The average Bonchev–Trinajstić information content (AvgIpc) is 2.42. The van der Waals surface area contributed by atoms with Crippen LogP contribution in [0.4, 0.5) is 4.79 Å². The first-order chi connectivity index (χ1) is 9.07. The van der Waals surface area contributed by atoms with Crippen LogP contribution >= 0.6 is 22.6 Å². The van der Waals surface area contributed by atoms with Gasteiger partial charge >= 0.3 is 6.09 Å². The van der Waals surface area contributed by atoms with Crippen molar-refractivity contribution in [2.45, 2.75) is 13.8 Å². The maximum Gasteiger partial charge on any atom is 0.415 e. The van der Waals surface area contributed by atoms with Crippen LogP contribution in [-0.4, -0.2) is 38.3 Å². The van der Waals surface area contributed by atoms with Crippen molar-refractivity contribution in [3.63, 3.8) is 0 Å². The molecule has 0 saturated carbocycles. The number of hydrogen-bond acceptors (Lipinski definition) is 4. The summed E-state index contributed by atoms with van der Waals surface area (Å²) in [7, 11) is 3.12. The van der Waals surface area contributed by atoms with Crippen molar-refractivity contribution in [2.75, 3.05) is 27.3 Å². The quantitative estimate of drug-likeness (QED) is 0.738. The zero-order valence-electron chi connectivity index (χ0n) is 11.5. The fraction of sp³-hybridized carbons (Fsp3) is 0.462. The van der Waals surface area contributed by atoms with Crippen molar-refractivity contribution in [1.29, 1.82) is 0 Å². The lowest BCUT2D eigenvalue weighted by molar-refractivity contribution is 0.156. The van der Waals surface area contributed by atoms with Crippen LogP contribution in [0.5, 0.6) is 17.2 Å². The number of rotatable bonds is 5. The van der Waals surface area contributed by atoms with Crippen LogP contribution in [0.2, 0.25) is 0 Å². The van der Waals surface area contributed by atoms with Crippen molar-refractivity contribution in [2.24, 2.45) is 0 Å². The number of carbonyl (C=O) groups is 1. The largest absolute Gasteiger partial charge is 0.496 e. The van der Waals surface area contributed by atoms with Crippen molar-refractivity contribution >= 4 is 28.7 Å². The van der Waals surface area contributed by atoms with E-state index in [0.29, 0.717) is 30.3 Å². The molecule has 106 valence electrons. The Morgan fingerprint density at radius 2 is 1.74 bits per heavy atom. The van der Waals surface area contributed by atoms with Crippen molar-refractivity contribution < 1.29 is 19.0 Å². The molecule has 0 N–H and O–H groups in total. The van der Waals surface area contributed by atoms with E-state index in [4.69, 9.17) is 14.2 Å². The average molecular weight is 379 g/mol. The number of methoxy groups -OCH3 is 2. The molecule has 1 aromatic carbocycles. The van der Waals surface area contributed by atoms with Gasteiger partial charge in [-0.15, -0.1) is 0 Å². The first kappa shape index (κ1) is 15.9. The van der Waals surface area contributed by atoms with E-state index in [9.17, 15) is 4.79 Å². The van der Waals surface area contributed by atoms with Gasteiger partial charge in [-0.05, 0) is 36.4 Å².